The Balaban J connectivity index is 2.64. The Morgan fingerprint density at radius 2 is 2.12 bits per heavy atom. The molecule has 0 aliphatic carbocycles. The number of nitrogens with one attached hydrogen (secondary N) is 1. The fourth-order valence-electron chi connectivity index (χ4n) is 1.87. The van der Waals surface area contributed by atoms with Gasteiger partial charge >= 0.3 is 0 Å². The molecule has 1 heterocycles. The van der Waals surface area contributed by atoms with Crippen LogP contribution in [0.4, 0.5) is 0 Å². The Kier molecular flexibility index (Phi) is 6.18. The summed E-state index contributed by atoms with van der Waals surface area (Å²) in [6.45, 7) is 11.5. The number of hydrogen-bond acceptors (Lipinski definition) is 2. The lowest BCUT2D eigenvalue weighted by molar-refractivity contribution is 0.209. The summed E-state index contributed by atoms with van der Waals surface area (Å²) in [5.41, 5.74) is 0.347. The zero-order valence-electron chi connectivity index (χ0n) is 11.3. The Hall–Kier alpha value is 0.140. The summed E-state index contributed by atoms with van der Waals surface area (Å²) < 4.78 is 1.24. The Labute approximate surface area is 118 Å². The molecule has 1 aromatic rings. The first-order valence-electron chi connectivity index (χ1n) is 6.43. The maximum absolute atomic E-state index is 3.58. The van der Waals surface area contributed by atoms with Crippen molar-refractivity contribution in [3.63, 3.8) is 0 Å². The van der Waals surface area contributed by atoms with Crippen molar-refractivity contribution in [1.82, 2.24) is 5.32 Å². The van der Waals surface area contributed by atoms with E-state index in [0.717, 1.165) is 19.5 Å². The molecule has 0 radical (unpaired) electrons. The first-order chi connectivity index (χ1) is 7.98. The van der Waals surface area contributed by atoms with Crippen LogP contribution in [0, 0.1) is 11.3 Å². The van der Waals surface area contributed by atoms with Crippen LogP contribution in [-0.4, -0.2) is 13.1 Å². The molecule has 98 valence electrons. The van der Waals surface area contributed by atoms with Gasteiger partial charge in [-0.2, -0.15) is 0 Å². The van der Waals surface area contributed by atoms with Crippen LogP contribution < -0.4 is 5.32 Å². The van der Waals surface area contributed by atoms with Crippen molar-refractivity contribution in [3.8, 4) is 0 Å². The molecule has 17 heavy (non-hydrogen) atoms. The van der Waals surface area contributed by atoms with Crippen LogP contribution in [0.1, 0.15) is 39.0 Å². The van der Waals surface area contributed by atoms with Crippen molar-refractivity contribution in [2.75, 3.05) is 13.1 Å². The molecular weight excluding hydrogens is 294 g/mol. The van der Waals surface area contributed by atoms with E-state index in [4.69, 9.17) is 0 Å². The normalized spacial score (nSPS) is 15.2. The molecule has 0 aliphatic rings. The molecule has 1 rings (SSSR count). The van der Waals surface area contributed by atoms with Gasteiger partial charge in [-0.1, -0.05) is 27.7 Å². The lowest BCUT2D eigenvalue weighted by Crippen LogP contribution is -2.38. The zero-order valence-corrected chi connectivity index (χ0v) is 13.7. The molecule has 3 heteroatoms. The van der Waals surface area contributed by atoms with Gasteiger partial charge in [0.1, 0.15) is 0 Å². The van der Waals surface area contributed by atoms with Gasteiger partial charge in [0.15, 0.2) is 0 Å². The quantitative estimate of drug-likeness (QED) is 0.718. The molecule has 1 unspecified atom stereocenters. The van der Waals surface area contributed by atoms with Crippen LogP contribution in [0.3, 0.4) is 0 Å². The number of halogens is 1. The van der Waals surface area contributed by atoms with Crippen molar-refractivity contribution in [2.24, 2.45) is 11.3 Å². The first-order valence-corrected chi connectivity index (χ1v) is 8.04. The van der Waals surface area contributed by atoms with Crippen LogP contribution >= 0.6 is 27.3 Å². The fourth-order valence-corrected chi connectivity index (χ4v) is 3.55. The fraction of sp³-hybridized carbons (Fsp3) is 0.714. The van der Waals surface area contributed by atoms with Crippen molar-refractivity contribution >= 4 is 27.3 Å². The molecule has 0 aromatic carbocycles. The second kappa shape index (κ2) is 6.91. The summed E-state index contributed by atoms with van der Waals surface area (Å²) in [6.07, 6.45) is 2.37. The molecule has 1 nitrogen and oxygen atoms in total. The van der Waals surface area contributed by atoms with E-state index in [0.29, 0.717) is 11.3 Å². The summed E-state index contributed by atoms with van der Waals surface area (Å²) >= 11 is 5.40. The van der Waals surface area contributed by atoms with Gasteiger partial charge in [-0.25, -0.2) is 0 Å². The van der Waals surface area contributed by atoms with Crippen LogP contribution in [-0.2, 0) is 6.42 Å². The van der Waals surface area contributed by atoms with Gasteiger partial charge in [0.05, 0.1) is 3.79 Å². The summed E-state index contributed by atoms with van der Waals surface area (Å²) in [7, 11) is 0. The number of hydrogen-bond donors (Lipinski definition) is 1. The minimum absolute atomic E-state index is 0.347. The number of rotatable bonds is 7. The topological polar surface area (TPSA) is 12.0 Å². The van der Waals surface area contributed by atoms with E-state index >= 15 is 0 Å². The maximum Gasteiger partial charge on any atom is 0.0701 e. The van der Waals surface area contributed by atoms with Crippen LogP contribution in [0.2, 0.25) is 0 Å². The van der Waals surface area contributed by atoms with Crippen molar-refractivity contribution in [3.05, 3.63) is 20.8 Å². The Bertz CT molecular complexity index is 335. The van der Waals surface area contributed by atoms with Crippen molar-refractivity contribution < 1.29 is 0 Å². The third kappa shape index (κ3) is 4.72. The van der Waals surface area contributed by atoms with E-state index in [9.17, 15) is 0 Å². The summed E-state index contributed by atoms with van der Waals surface area (Å²) in [4.78, 5) is 1.48. The molecule has 0 bridgehead atoms. The predicted octanol–water partition coefficient (Wildman–Crippen LogP) is 4.72. The standard InChI is InChI=1S/C14H24BrNS/c1-5-8-16-10-14(4,11(2)3)9-12-6-7-13(15)17-12/h6-7,11,16H,5,8-10H2,1-4H3. The smallest absolute Gasteiger partial charge is 0.0701 e. The molecule has 1 N–H and O–H groups in total. The molecule has 0 amide bonds. The minimum Gasteiger partial charge on any atom is -0.316 e. The summed E-state index contributed by atoms with van der Waals surface area (Å²) in [6, 6.07) is 4.40. The molecule has 1 atom stereocenters. The first kappa shape index (κ1) is 15.2. The second-order valence-corrected chi connectivity index (χ2v) is 7.92. The van der Waals surface area contributed by atoms with Crippen LogP contribution in [0.25, 0.3) is 0 Å². The average molecular weight is 318 g/mol. The molecule has 1 aromatic heterocycles. The third-order valence-electron chi connectivity index (χ3n) is 3.56. The van der Waals surface area contributed by atoms with Crippen LogP contribution in [0.15, 0.2) is 15.9 Å². The highest BCUT2D eigenvalue weighted by atomic mass is 79.9. The van der Waals surface area contributed by atoms with E-state index in [1.54, 1.807) is 0 Å². The van der Waals surface area contributed by atoms with Gasteiger partial charge in [0.25, 0.3) is 0 Å². The minimum atomic E-state index is 0.347. The van der Waals surface area contributed by atoms with Crippen LogP contribution in [0.5, 0.6) is 0 Å². The lowest BCUT2D eigenvalue weighted by atomic mass is 9.76. The lowest BCUT2D eigenvalue weighted by Gasteiger charge is -2.34. The molecule has 0 saturated carbocycles. The van der Waals surface area contributed by atoms with E-state index in [1.165, 1.54) is 15.1 Å². The molecule has 0 aliphatic heterocycles. The highest BCUT2D eigenvalue weighted by molar-refractivity contribution is 9.11. The third-order valence-corrected chi connectivity index (χ3v) is 5.18. The highest BCUT2D eigenvalue weighted by Crippen LogP contribution is 2.34. The largest absolute Gasteiger partial charge is 0.316 e. The van der Waals surface area contributed by atoms with E-state index < -0.39 is 0 Å². The van der Waals surface area contributed by atoms with Gasteiger partial charge < -0.3 is 5.32 Å². The monoisotopic (exact) mass is 317 g/mol. The average Bonchev–Trinajstić information content (AvgIpc) is 2.64. The molecule has 0 fully saturated rings. The van der Waals surface area contributed by atoms with E-state index in [-0.39, 0.29) is 0 Å². The Morgan fingerprint density at radius 1 is 1.41 bits per heavy atom. The maximum atomic E-state index is 3.58. The number of thiophene rings is 1. The molecular formula is C14H24BrNS. The Morgan fingerprint density at radius 3 is 2.59 bits per heavy atom. The van der Waals surface area contributed by atoms with Gasteiger partial charge in [0.2, 0.25) is 0 Å². The van der Waals surface area contributed by atoms with Gasteiger partial charge in [-0.3, -0.25) is 0 Å². The van der Waals surface area contributed by atoms with Crippen molar-refractivity contribution in [1.29, 1.82) is 0 Å². The summed E-state index contributed by atoms with van der Waals surface area (Å²) in [5.74, 6) is 0.688. The van der Waals surface area contributed by atoms with Gasteiger partial charge in [-0.05, 0) is 58.8 Å². The van der Waals surface area contributed by atoms with Crippen molar-refractivity contribution in [2.45, 2.75) is 40.5 Å². The SMILES string of the molecule is CCCNCC(C)(Cc1ccc(Br)s1)C(C)C. The van der Waals surface area contributed by atoms with Gasteiger partial charge in [-0.15, -0.1) is 11.3 Å². The summed E-state index contributed by atoms with van der Waals surface area (Å²) in [5, 5.41) is 3.58. The zero-order chi connectivity index (χ0) is 12.9. The van der Waals surface area contributed by atoms with E-state index in [1.807, 2.05) is 11.3 Å². The molecule has 0 saturated heterocycles. The highest BCUT2D eigenvalue weighted by Gasteiger charge is 2.28. The van der Waals surface area contributed by atoms with Gasteiger partial charge in [0, 0.05) is 11.4 Å². The second-order valence-electron chi connectivity index (χ2n) is 5.37. The van der Waals surface area contributed by atoms with E-state index in [2.05, 4.69) is 61.1 Å². The predicted molar refractivity (Wildman–Crippen MR) is 81.8 cm³/mol. The molecule has 0 spiro atoms.